The van der Waals surface area contributed by atoms with Gasteiger partial charge in [-0.25, -0.2) is 0 Å². The van der Waals surface area contributed by atoms with Gasteiger partial charge in [-0.1, -0.05) is 55.9 Å². The Bertz CT molecular complexity index is 644. The van der Waals surface area contributed by atoms with Crippen LogP contribution in [0.4, 0.5) is 11.9 Å². The summed E-state index contributed by atoms with van der Waals surface area (Å²) in [5.41, 5.74) is 12.2. The van der Waals surface area contributed by atoms with E-state index < -0.39 is 0 Å². The summed E-state index contributed by atoms with van der Waals surface area (Å²) >= 11 is 1.23. The Morgan fingerprint density at radius 3 is 2.30 bits per heavy atom. The number of nitrogen functional groups attached to an aromatic ring is 2. The number of hydrogen-bond acceptors (Lipinski definition) is 7. The standard InChI is InChI=1S/C15H20N6OS/c1-9(2)11(23-15-20-13(16)19-14(17)21-15)12(22)18-8-10-6-4-3-5-7-10/h3-7,9,11H,8H2,1-2H3,(H,18,22)(H4,16,17,19,20,21)/t11-/m1/s1. The minimum atomic E-state index is -0.347. The molecule has 2 aromatic rings. The Hall–Kier alpha value is -2.35. The molecule has 0 radical (unpaired) electrons. The molecule has 7 nitrogen and oxygen atoms in total. The molecule has 122 valence electrons. The molecule has 0 aliphatic heterocycles. The van der Waals surface area contributed by atoms with E-state index in [2.05, 4.69) is 20.3 Å². The van der Waals surface area contributed by atoms with Crippen LogP contribution in [0.1, 0.15) is 19.4 Å². The second-order valence-corrected chi connectivity index (χ2v) is 6.43. The molecular formula is C15H20N6OS. The number of aromatic nitrogens is 3. The van der Waals surface area contributed by atoms with Crippen molar-refractivity contribution in [1.29, 1.82) is 0 Å². The molecule has 0 bridgehead atoms. The molecule has 1 aromatic carbocycles. The van der Waals surface area contributed by atoms with Gasteiger partial charge in [0.05, 0.1) is 5.25 Å². The Balaban J connectivity index is 2.03. The molecule has 0 fully saturated rings. The van der Waals surface area contributed by atoms with E-state index in [1.807, 2.05) is 44.2 Å². The van der Waals surface area contributed by atoms with Gasteiger partial charge in [0.2, 0.25) is 17.8 Å². The summed E-state index contributed by atoms with van der Waals surface area (Å²) < 4.78 is 0. The highest BCUT2D eigenvalue weighted by atomic mass is 32.2. The number of benzene rings is 1. The van der Waals surface area contributed by atoms with Crippen LogP contribution in [0, 0.1) is 5.92 Å². The smallest absolute Gasteiger partial charge is 0.234 e. The molecule has 0 saturated heterocycles. The number of amides is 1. The number of rotatable bonds is 6. The van der Waals surface area contributed by atoms with Crippen molar-refractivity contribution in [3.63, 3.8) is 0 Å². The van der Waals surface area contributed by atoms with E-state index in [1.54, 1.807) is 0 Å². The van der Waals surface area contributed by atoms with E-state index in [9.17, 15) is 4.79 Å². The highest BCUT2D eigenvalue weighted by Gasteiger charge is 2.25. The lowest BCUT2D eigenvalue weighted by Crippen LogP contribution is -2.35. The van der Waals surface area contributed by atoms with Crippen LogP contribution in [-0.2, 0) is 11.3 Å². The zero-order valence-electron chi connectivity index (χ0n) is 13.1. The predicted octanol–water partition coefficient (Wildman–Crippen LogP) is 1.47. The van der Waals surface area contributed by atoms with Crippen LogP contribution in [0.15, 0.2) is 35.5 Å². The van der Waals surface area contributed by atoms with E-state index >= 15 is 0 Å². The first-order valence-corrected chi connectivity index (χ1v) is 8.09. The van der Waals surface area contributed by atoms with Gasteiger partial charge in [0, 0.05) is 6.54 Å². The Labute approximate surface area is 139 Å². The Kier molecular flexibility index (Phi) is 5.75. The van der Waals surface area contributed by atoms with Crippen molar-refractivity contribution in [2.75, 3.05) is 11.5 Å². The lowest BCUT2D eigenvalue weighted by atomic mass is 10.1. The third-order valence-electron chi connectivity index (χ3n) is 3.06. The predicted molar refractivity (Wildman–Crippen MR) is 91.4 cm³/mol. The first-order chi connectivity index (χ1) is 11.0. The minimum absolute atomic E-state index is 0.0483. The molecule has 0 unspecified atom stereocenters. The number of nitrogens with one attached hydrogen (secondary N) is 1. The van der Waals surface area contributed by atoms with Crippen LogP contribution in [0.25, 0.3) is 0 Å². The van der Waals surface area contributed by atoms with Crippen molar-refractivity contribution in [3.8, 4) is 0 Å². The topological polar surface area (TPSA) is 120 Å². The fourth-order valence-electron chi connectivity index (χ4n) is 1.93. The van der Waals surface area contributed by atoms with Crippen molar-refractivity contribution >= 4 is 29.6 Å². The lowest BCUT2D eigenvalue weighted by Gasteiger charge is -2.19. The van der Waals surface area contributed by atoms with Gasteiger partial charge in [0.25, 0.3) is 0 Å². The molecule has 23 heavy (non-hydrogen) atoms. The second-order valence-electron chi connectivity index (χ2n) is 5.32. The summed E-state index contributed by atoms with van der Waals surface area (Å²) in [6.07, 6.45) is 0. The van der Waals surface area contributed by atoms with E-state index in [0.717, 1.165) is 5.56 Å². The van der Waals surface area contributed by atoms with Crippen LogP contribution in [0.2, 0.25) is 0 Å². The summed E-state index contributed by atoms with van der Waals surface area (Å²) in [4.78, 5) is 24.2. The molecule has 5 N–H and O–H groups in total. The van der Waals surface area contributed by atoms with Gasteiger partial charge < -0.3 is 16.8 Å². The third kappa shape index (κ3) is 5.10. The van der Waals surface area contributed by atoms with E-state index in [4.69, 9.17) is 11.5 Å². The van der Waals surface area contributed by atoms with Crippen LogP contribution in [0.5, 0.6) is 0 Å². The number of nitrogens with two attached hydrogens (primary N) is 2. The highest BCUT2D eigenvalue weighted by molar-refractivity contribution is 8.00. The highest BCUT2D eigenvalue weighted by Crippen LogP contribution is 2.26. The molecule has 0 spiro atoms. The van der Waals surface area contributed by atoms with Crippen LogP contribution < -0.4 is 16.8 Å². The fraction of sp³-hybridized carbons (Fsp3) is 0.333. The lowest BCUT2D eigenvalue weighted by molar-refractivity contribution is -0.121. The third-order valence-corrected chi connectivity index (χ3v) is 4.46. The molecule has 0 aliphatic carbocycles. The molecular weight excluding hydrogens is 312 g/mol. The normalized spacial score (nSPS) is 12.1. The van der Waals surface area contributed by atoms with Crippen molar-refractivity contribution in [1.82, 2.24) is 20.3 Å². The first kappa shape index (κ1) is 17.0. The number of carbonyl (C=O) groups excluding carboxylic acids is 1. The molecule has 1 heterocycles. The maximum absolute atomic E-state index is 12.5. The van der Waals surface area contributed by atoms with Gasteiger partial charge in [-0.15, -0.1) is 0 Å². The SMILES string of the molecule is CC(C)[C@@H](Sc1nc(N)nc(N)n1)C(=O)NCc1ccccc1. The van der Waals surface area contributed by atoms with Crippen molar-refractivity contribution in [2.24, 2.45) is 5.92 Å². The molecule has 2 rings (SSSR count). The summed E-state index contributed by atoms with van der Waals surface area (Å²) in [5, 5.41) is 2.94. The van der Waals surface area contributed by atoms with E-state index in [1.165, 1.54) is 11.8 Å². The number of nitrogens with zero attached hydrogens (tertiary/aromatic N) is 3. The monoisotopic (exact) mass is 332 g/mol. The van der Waals surface area contributed by atoms with Gasteiger partial charge >= 0.3 is 0 Å². The first-order valence-electron chi connectivity index (χ1n) is 7.21. The molecule has 8 heteroatoms. The number of anilines is 2. The van der Waals surface area contributed by atoms with Crippen molar-refractivity contribution in [3.05, 3.63) is 35.9 Å². The summed E-state index contributed by atoms with van der Waals surface area (Å²) in [6.45, 7) is 4.41. The largest absolute Gasteiger partial charge is 0.368 e. The maximum atomic E-state index is 12.5. The summed E-state index contributed by atoms with van der Waals surface area (Å²) in [6, 6.07) is 9.74. The number of carbonyl (C=O) groups is 1. The van der Waals surface area contributed by atoms with E-state index in [-0.39, 0.29) is 29.0 Å². The van der Waals surface area contributed by atoms with Crippen molar-refractivity contribution < 1.29 is 4.79 Å². The average molecular weight is 332 g/mol. The van der Waals surface area contributed by atoms with Crippen LogP contribution >= 0.6 is 11.8 Å². The molecule has 1 aromatic heterocycles. The van der Waals surface area contributed by atoms with Gasteiger partial charge in [0.1, 0.15) is 0 Å². The average Bonchev–Trinajstić information content (AvgIpc) is 2.50. The number of hydrogen-bond donors (Lipinski definition) is 3. The Morgan fingerprint density at radius 1 is 1.13 bits per heavy atom. The van der Waals surface area contributed by atoms with Gasteiger partial charge in [-0.2, -0.15) is 15.0 Å². The molecule has 1 atom stereocenters. The Morgan fingerprint density at radius 2 is 1.74 bits per heavy atom. The quantitative estimate of drug-likeness (QED) is 0.685. The molecule has 0 saturated carbocycles. The van der Waals surface area contributed by atoms with Gasteiger partial charge in [-0.05, 0) is 11.5 Å². The van der Waals surface area contributed by atoms with Gasteiger partial charge in [-0.3, -0.25) is 4.79 Å². The molecule has 1 amide bonds. The zero-order chi connectivity index (χ0) is 16.8. The minimum Gasteiger partial charge on any atom is -0.368 e. The van der Waals surface area contributed by atoms with Gasteiger partial charge in [0.15, 0.2) is 5.16 Å². The summed E-state index contributed by atoms with van der Waals surface area (Å²) in [7, 11) is 0. The van der Waals surface area contributed by atoms with Crippen LogP contribution in [0.3, 0.4) is 0 Å². The zero-order valence-corrected chi connectivity index (χ0v) is 13.9. The second kappa shape index (κ2) is 7.77. The molecule has 0 aliphatic rings. The van der Waals surface area contributed by atoms with Crippen molar-refractivity contribution in [2.45, 2.75) is 30.8 Å². The summed E-state index contributed by atoms with van der Waals surface area (Å²) in [5.74, 6) is 0.112. The fourth-order valence-corrected chi connectivity index (χ4v) is 2.91. The van der Waals surface area contributed by atoms with E-state index in [0.29, 0.717) is 11.7 Å². The van der Waals surface area contributed by atoms with Crippen LogP contribution in [-0.4, -0.2) is 26.1 Å². The maximum Gasteiger partial charge on any atom is 0.234 e. The number of thioether (sulfide) groups is 1.